The number of anilines is 3. The molecule has 0 spiro atoms. The molecule has 7 aromatic carbocycles. The fourth-order valence-corrected chi connectivity index (χ4v) is 14.5. The maximum atomic E-state index is 8.42. The number of para-hydroxylation sites is 3. The van der Waals surface area contributed by atoms with Crippen molar-refractivity contribution in [3.8, 4) is 16.9 Å². The van der Waals surface area contributed by atoms with Gasteiger partial charge in [0.1, 0.15) is 5.82 Å². The van der Waals surface area contributed by atoms with E-state index in [1.165, 1.54) is 58.7 Å². The largest absolute Gasteiger partial charge is 0.355 e. The first-order valence-corrected chi connectivity index (χ1v) is 23.0. The SMILES string of the molecule is [2H]C([2H])([2H])N1CN(c2cccc([Si](c3ccccc3)(c3ccccc3)c3ccc4c5ccccc5n(-c5cc(-c6c(C(C)C)cccc6C(C)C)ccn5)c4c3)c2)c2ccccc21. The molecular weight excluding hydrogens is 745 g/mol. The summed E-state index contributed by atoms with van der Waals surface area (Å²) < 4.78 is 27.6. The first kappa shape index (κ1) is 34.2. The Morgan fingerprint density at radius 1 is 0.533 bits per heavy atom. The Balaban J connectivity index is 1.23. The third kappa shape index (κ3) is 6.07. The molecule has 0 saturated carbocycles. The van der Waals surface area contributed by atoms with Crippen molar-refractivity contribution >= 4 is 67.7 Å². The van der Waals surface area contributed by atoms with Crippen LogP contribution in [0.1, 0.15) is 54.8 Å². The smallest absolute Gasteiger partial charge is 0.179 e. The van der Waals surface area contributed by atoms with Gasteiger partial charge in [0.25, 0.3) is 0 Å². The Kier molecular flexibility index (Phi) is 8.64. The lowest BCUT2D eigenvalue weighted by Crippen LogP contribution is -2.74. The van der Waals surface area contributed by atoms with Gasteiger partial charge in [-0.05, 0) is 103 Å². The van der Waals surface area contributed by atoms with Crippen molar-refractivity contribution < 1.29 is 4.11 Å². The molecular formula is C55H50N4Si. The van der Waals surface area contributed by atoms with Gasteiger partial charge in [-0.1, -0.05) is 161 Å². The number of hydrogen-bond donors (Lipinski definition) is 0. The minimum Gasteiger partial charge on any atom is -0.355 e. The van der Waals surface area contributed by atoms with Crippen molar-refractivity contribution in [1.82, 2.24) is 9.55 Å². The van der Waals surface area contributed by atoms with Crippen LogP contribution in [0.5, 0.6) is 0 Å². The van der Waals surface area contributed by atoms with E-state index >= 15 is 0 Å². The van der Waals surface area contributed by atoms with Crippen molar-refractivity contribution in [3.63, 3.8) is 0 Å². The van der Waals surface area contributed by atoms with Gasteiger partial charge in [-0.2, -0.15) is 0 Å². The highest BCUT2D eigenvalue weighted by Crippen LogP contribution is 2.40. The second kappa shape index (κ2) is 15.2. The molecule has 1 aliphatic heterocycles. The minimum atomic E-state index is -3.11. The first-order chi connectivity index (χ1) is 30.6. The zero-order chi connectivity index (χ0) is 43.5. The molecule has 294 valence electrons. The highest BCUT2D eigenvalue weighted by molar-refractivity contribution is 7.20. The molecule has 4 nitrogen and oxygen atoms in total. The van der Waals surface area contributed by atoms with E-state index in [1.807, 2.05) is 30.5 Å². The number of nitrogens with zero attached hydrogens (tertiary/aromatic N) is 4. The van der Waals surface area contributed by atoms with Gasteiger partial charge in [-0.25, -0.2) is 4.98 Å². The molecule has 0 aliphatic carbocycles. The molecule has 0 atom stereocenters. The summed E-state index contributed by atoms with van der Waals surface area (Å²) in [6.45, 7) is 7.05. The van der Waals surface area contributed by atoms with Crippen LogP contribution in [0.25, 0.3) is 38.8 Å². The van der Waals surface area contributed by atoms with E-state index in [2.05, 4.69) is 195 Å². The van der Waals surface area contributed by atoms with Crippen molar-refractivity contribution in [2.75, 3.05) is 23.4 Å². The van der Waals surface area contributed by atoms with Crippen LogP contribution in [-0.4, -0.2) is 31.3 Å². The molecule has 0 fully saturated rings. The topological polar surface area (TPSA) is 24.3 Å². The number of pyridine rings is 1. The summed E-state index contributed by atoms with van der Waals surface area (Å²) >= 11 is 0. The van der Waals surface area contributed by atoms with Crippen molar-refractivity contribution in [1.29, 1.82) is 0 Å². The lowest BCUT2D eigenvalue weighted by atomic mass is 9.85. The van der Waals surface area contributed by atoms with Gasteiger partial charge in [-0.15, -0.1) is 0 Å². The molecule has 5 heteroatoms. The molecule has 2 aromatic heterocycles. The predicted molar refractivity (Wildman–Crippen MR) is 258 cm³/mol. The molecule has 0 bridgehead atoms. The summed E-state index contributed by atoms with van der Waals surface area (Å²) in [6.07, 6.45) is 1.97. The second-order valence-electron chi connectivity index (χ2n) is 16.6. The normalized spacial score (nSPS) is 13.9. The summed E-state index contributed by atoms with van der Waals surface area (Å²) in [6, 6.07) is 65.6. The van der Waals surface area contributed by atoms with Crippen LogP contribution in [-0.2, 0) is 0 Å². The molecule has 60 heavy (non-hydrogen) atoms. The summed E-state index contributed by atoms with van der Waals surface area (Å²) in [4.78, 5) is 8.81. The molecule has 0 unspecified atom stereocenters. The number of fused-ring (bicyclic) bond motifs is 4. The van der Waals surface area contributed by atoms with Crippen molar-refractivity contribution in [2.24, 2.45) is 0 Å². The van der Waals surface area contributed by atoms with E-state index in [0.717, 1.165) is 28.2 Å². The van der Waals surface area contributed by atoms with Gasteiger partial charge in [0.05, 0.1) is 29.1 Å². The van der Waals surface area contributed by atoms with E-state index < -0.39 is 15.0 Å². The van der Waals surface area contributed by atoms with E-state index in [-0.39, 0.29) is 6.67 Å². The molecule has 10 rings (SSSR count). The number of aromatic nitrogens is 2. The molecule has 3 heterocycles. The summed E-state index contributed by atoms with van der Waals surface area (Å²) in [5, 5.41) is 7.31. The van der Waals surface area contributed by atoms with Gasteiger partial charge < -0.3 is 9.80 Å². The third-order valence-corrected chi connectivity index (χ3v) is 17.2. The zero-order valence-corrected chi connectivity index (χ0v) is 35.5. The van der Waals surface area contributed by atoms with E-state index in [4.69, 9.17) is 9.10 Å². The molecule has 0 radical (unpaired) electrons. The maximum absolute atomic E-state index is 8.42. The van der Waals surface area contributed by atoms with Crippen molar-refractivity contribution in [3.05, 3.63) is 199 Å². The van der Waals surface area contributed by atoms with Gasteiger partial charge >= 0.3 is 0 Å². The van der Waals surface area contributed by atoms with Crippen LogP contribution in [0.2, 0.25) is 0 Å². The zero-order valence-electron chi connectivity index (χ0n) is 37.5. The number of benzene rings is 7. The van der Waals surface area contributed by atoms with E-state index in [9.17, 15) is 0 Å². The van der Waals surface area contributed by atoms with Gasteiger partial charge in [0, 0.05) is 33.7 Å². The summed E-state index contributed by atoms with van der Waals surface area (Å²) in [7, 11) is -3.11. The minimum absolute atomic E-state index is 0.225. The van der Waals surface area contributed by atoms with E-state index in [0.29, 0.717) is 17.5 Å². The molecule has 0 saturated heterocycles. The molecule has 9 aromatic rings. The van der Waals surface area contributed by atoms with Gasteiger partial charge in [0.2, 0.25) is 0 Å². The van der Waals surface area contributed by atoms with Crippen LogP contribution in [0, 0.1) is 0 Å². The Morgan fingerprint density at radius 3 is 1.83 bits per heavy atom. The van der Waals surface area contributed by atoms with Crippen LogP contribution >= 0.6 is 0 Å². The highest BCUT2D eigenvalue weighted by atomic mass is 28.3. The number of rotatable bonds is 9. The second-order valence-corrected chi connectivity index (χ2v) is 20.4. The Bertz CT molecular complexity index is 3060. The average molecular weight is 798 g/mol. The Hall–Kier alpha value is -6.69. The Labute approximate surface area is 359 Å². The predicted octanol–water partition coefficient (Wildman–Crippen LogP) is 11.0. The van der Waals surface area contributed by atoms with Crippen molar-refractivity contribution in [2.45, 2.75) is 39.5 Å². The fraction of sp³-hybridized carbons (Fsp3) is 0.145. The van der Waals surface area contributed by atoms with Gasteiger partial charge in [0.15, 0.2) is 8.07 Å². The summed E-state index contributed by atoms with van der Waals surface area (Å²) in [5.74, 6) is 1.60. The fourth-order valence-electron chi connectivity index (χ4n) is 9.75. The lowest BCUT2D eigenvalue weighted by Gasteiger charge is -2.35. The maximum Gasteiger partial charge on any atom is 0.179 e. The molecule has 0 amide bonds. The highest BCUT2D eigenvalue weighted by Gasteiger charge is 2.42. The van der Waals surface area contributed by atoms with Crippen LogP contribution in [0.4, 0.5) is 17.1 Å². The average Bonchev–Trinajstić information content (AvgIpc) is 3.87. The molecule has 0 N–H and O–H groups in total. The third-order valence-electron chi connectivity index (χ3n) is 12.5. The van der Waals surface area contributed by atoms with Crippen LogP contribution < -0.4 is 30.5 Å². The molecule has 1 aliphatic rings. The Morgan fingerprint density at radius 2 is 1.13 bits per heavy atom. The first-order valence-electron chi connectivity index (χ1n) is 22.5. The quantitative estimate of drug-likeness (QED) is 0.107. The standard InChI is InChI=1S/C55H50N4Si/c1-38(2)46-25-17-26-47(39(3)4)55(46)40-32-33-56-54(34-40)59-50-27-13-12-24-48(50)49-31-30-45(36-53(49)59)60(42-19-8-6-9-20-42,43-21-10-7-11-22-43)44-23-16-18-41(35-44)58-37-57(5)51-28-14-15-29-52(51)58/h6-36,38-39H,37H2,1-5H3/i5D3. The summed E-state index contributed by atoms with van der Waals surface area (Å²) in [5.41, 5.74) is 9.91. The number of hydrogen-bond acceptors (Lipinski definition) is 3. The van der Waals surface area contributed by atoms with Crippen LogP contribution in [0.15, 0.2) is 188 Å². The lowest BCUT2D eigenvalue weighted by molar-refractivity contribution is 0.838. The van der Waals surface area contributed by atoms with Crippen LogP contribution in [0.3, 0.4) is 0 Å². The van der Waals surface area contributed by atoms with E-state index in [1.54, 1.807) is 0 Å². The van der Waals surface area contributed by atoms with Gasteiger partial charge in [-0.3, -0.25) is 4.57 Å². The monoisotopic (exact) mass is 797 g/mol.